The Morgan fingerprint density at radius 3 is 1.94 bits per heavy atom. The van der Waals surface area contributed by atoms with Crippen LogP contribution in [0.4, 0.5) is 0 Å². The fraction of sp³-hybridized carbons (Fsp3) is 0.818. The number of rotatable bonds is 6. The summed E-state index contributed by atoms with van der Waals surface area (Å²) in [7, 11) is 0. The molecular formula is C11H21NO4. The lowest BCUT2D eigenvalue weighted by molar-refractivity contribution is -0.157. The maximum atomic E-state index is 11.3. The van der Waals surface area contributed by atoms with E-state index < -0.39 is 18.1 Å². The largest absolute Gasteiger partial charge is 0.480 e. The predicted molar refractivity (Wildman–Crippen MR) is 60.1 cm³/mol. The lowest BCUT2D eigenvalue weighted by Crippen LogP contribution is -2.49. The van der Waals surface area contributed by atoms with Crippen LogP contribution < -0.4 is 5.32 Å². The van der Waals surface area contributed by atoms with Crippen molar-refractivity contribution in [3.05, 3.63) is 0 Å². The van der Waals surface area contributed by atoms with E-state index in [9.17, 15) is 9.59 Å². The molecular weight excluding hydrogens is 210 g/mol. The van der Waals surface area contributed by atoms with Gasteiger partial charge in [0.15, 0.2) is 0 Å². The summed E-state index contributed by atoms with van der Waals surface area (Å²) in [6.07, 6.45) is -0.685. The first-order valence-corrected chi connectivity index (χ1v) is 5.45. The number of carbonyl (C=O) groups is 2. The summed E-state index contributed by atoms with van der Waals surface area (Å²) < 4.78 is 5.05. The summed E-state index contributed by atoms with van der Waals surface area (Å²) >= 11 is 0. The van der Waals surface area contributed by atoms with E-state index in [4.69, 9.17) is 9.84 Å². The molecule has 0 unspecified atom stereocenters. The summed E-state index contributed by atoms with van der Waals surface area (Å²) in [6.45, 7) is 8.68. The van der Waals surface area contributed by atoms with E-state index in [1.807, 2.05) is 13.8 Å². The molecule has 2 N–H and O–H groups in total. The monoisotopic (exact) mass is 231 g/mol. The van der Waals surface area contributed by atoms with Crippen molar-refractivity contribution in [1.82, 2.24) is 5.32 Å². The van der Waals surface area contributed by atoms with Crippen molar-refractivity contribution in [3.8, 4) is 0 Å². The zero-order valence-electron chi connectivity index (χ0n) is 10.5. The second-order valence-corrected chi connectivity index (χ2v) is 4.43. The minimum absolute atomic E-state index is 0.0151. The normalized spacial score (nSPS) is 14.9. The fourth-order valence-corrected chi connectivity index (χ4v) is 1.15. The molecule has 0 rings (SSSR count). The van der Waals surface area contributed by atoms with Crippen molar-refractivity contribution < 1.29 is 19.4 Å². The van der Waals surface area contributed by atoms with Crippen molar-refractivity contribution in [2.45, 2.75) is 52.8 Å². The maximum Gasteiger partial charge on any atom is 0.324 e. The minimum Gasteiger partial charge on any atom is -0.480 e. The third-order valence-corrected chi connectivity index (χ3v) is 2.02. The average molecular weight is 231 g/mol. The van der Waals surface area contributed by atoms with E-state index in [1.165, 1.54) is 0 Å². The zero-order chi connectivity index (χ0) is 12.9. The number of hydrogen-bond donors (Lipinski definition) is 2. The highest BCUT2D eigenvalue weighted by atomic mass is 16.5. The number of carbonyl (C=O) groups excluding carboxylic acids is 1. The number of carboxylic acids is 1. The summed E-state index contributed by atoms with van der Waals surface area (Å²) in [5.74, 6) is -1.65. The Balaban J connectivity index is 4.44. The highest BCUT2D eigenvalue weighted by Gasteiger charge is 2.28. The van der Waals surface area contributed by atoms with E-state index in [2.05, 4.69) is 5.32 Å². The Labute approximate surface area is 96.2 Å². The van der Waals surface area contributed by atoms with Gasteiger partial charge in [0, 0.05) is 6.04 Å². The Bertz CT molecular complexity index is 250. The van der Waals surface area contributed by atoms with Crippen LogP contribution in [0.5, 0.6) is 0 Å². The van der Waals surface area contributed by atoms with Gasteiger partial charge < -0.3 is 9.84 Å². The Hall–Kier alpha value is -1.10. The molecule has 0 aromatic rings. The van der Waals surface area contributed by atoms with Crippen LogP contribution in [0.2, 0.25) is 0 Å². The van der Waals surface area contributed by atoms with Gasteiger partial charge in [-0.15, -0.1) is 0 Å². The Morgan fingerprint density at radius 1 is 1.12 bits per heavy atom. The van der Waals surface area contributed by atoms with Crippen LogP contribution in [-0.2, 0) is 14.3 Å². The van der Waals surface area contributed by atoms with E-state index in [-0.39, 0.29) is 17.9 Å². The quantitative estimate of drug-likeness (QED) is 0.668. The van der Waals surface area contributed by atoms with E-state index in [0.717, 1.165) is 0 Å². The van der Waals surface area contributed by atoms with Gasteiger partial charge in [-0.2, -0.15) is 0 Å². The molecule has 0 aliphatic carbocycles. The lowest BCUT2D eigenvalue weighted by atomic mass is 10.1. The van der Waals surface area contributed by atoms with Crippen LogP contribution >= 0.6 is 0 Å². The molecule has 0 saturated carbocycles. The standard InChI is InChI=1S/C11H21NO4/c1-6(2)11(15)16-8(5)9(10(13)14)12-7(3)4/h6-9,12H,1-5H3,(H,13,14)/t8-,9+/m1/s1. The minimum atomic E-state index is -1.02. The van der Waals surface area contributed by atoms with Gasteiger partial charge in [0.1, 0.15) is 12.1 Å². The first-order chi connectivity index (χ1) is 7.25. The molecule has 0 amide bonds. The zero-order valence-corrected chi connectivity index (χ0v) is 10.5. The molecule has 5 heteroatoms. The molecule has 94 valence electrons. The van der Waals surface area contributed by atoms with Crippen molar-refractivity contribution in [2.75, 3.05) is 0 Å². The molecule has 0 fully saturated rings. The van der Waals surface area contributed by atoms with Crippen LogP contribution in [0, 0.1) is 5.92 Å². The van der Waals surface area contributed by atoms with Crippen LogP contribution in [0.15, 0.2) is 0 Å². The van der Waals surface area contributed by atoms with Gasteiger partial charge in [-0.1, -0.05) is 27.7 Å². The predicted octanol–water partition coefficient (Wildman–Crippen LogP) is 1.03. The topological polar surface area (TPSA) is 75.6 Å². The van der Waals surface area contributed by atoms with Gasteiger partial charge in [0.2, 0.25) is 0 Å². The SMILES string of the molecule is CC(C)N[C@H](C(=O)O)[C@@H](C)OC(=O)C(C)C. The van der Waals surface area contributed by atoms with Crippen LogP contribution in [-0.4, -0.2) is 35.2 Å². The van der Waals surface area contributed by atoms with Gasteiger partial charge >= 0.3 is 11.9 Å². The second kappa shape index (κ2) is 6.48. The maximum absolute atomic E-state index is 11.3. The molecule has 5 nitrogen and oxygen atoms in total. The van der Waals surface area contributed by atoms with Gasteiger partial charge in [0.25, 0.3) is 0 Å². The molecule has 0 aliphatic rings. The molecule has 0 aromatic heterocycles. The Kier molecular flexibility index (Phi) is 6.03. The number of hydrogen-bond acceptors (Lipinski definition) is 4. The highest BCUT2D eigenvalue weighted by molar-refractivity contribution is 5.76. The molecule has 0 heterocycles. The lowest BCUT2D eigenvalue weighted by Gasteiger charge is -2.24. The van der Waals surface area contributed by atoms with Crippen molar-refractivity contribution in [2.24, 2.45) is 5.92 Å². The molecule has 0 bridgehead atoms. The van der Waals surface area contributed by atoms with Gasteiger partial charge in [0.05, 0.1) is 5.92 Å². The molecule has 0 aliphatic heterocycles. The molecule has 0 saturated heterocycles. The third-order valence-electron chi connectivity index (χ3n) is 2.02. The van der Waals surface area contributed by atoms with Crippen molar-refractivity contribution >= 4 is 11.9 Å². The fourth-order valence-electron chi connectivity index (χ4n) is 1.15. The first-order valence-electron chi connectivity index (χ1n) is 5.45. The number of nitrogens with one attached hydrogen (secondary N) is 1. The summed E-state index contributed by atoms with van der Waals surface area (Å²) in [5, 5.41) is 11.8. The first kappa shape index (κ1) is 14.9. The third kappa shape index (κ3) is 5.11. The smallest absolute Gasteiger partial charge is 0.324 e. The summed E-state index contributed by atoms with van der Waals surface area (Å²) in [6, 6.07) is -0.857. The van der Waals surface area contributed by atoms with Gasteiger partial charge in [-0.25, -0.2) is 0 Å². The second-order valence-electron chi connectivity index (χ2n) is 4.43. The van der Waals surface area contributed by atoms with Gasteiger partial charge in [-0.05, 0) is 6.92 Å². The van der Waals surface area contributed by atoms with Crippen LogP contribution in [0.25, 0.3) is 0 Å². The number of esters is 1. The van der Waals surface area contributed by atoms with E-state index in [0.29, 0.717) is 0 Å². The molecule has 0 aromatic carbocycles. The summed E-state index contributed by atoms with van der Waals surface area (Å²) in [4.78, 5) is 22.3. The van der Waals surface area contributed by atoms with E-state index >= 15 is 0 Å². The summed E-state index contributed by atoms with van der Waals surface area (Å²) in [5.41, 5.74) is 0. The van der Waals surface area contributed by atoms with E-state index in [1.54, 1.807) is 20.8 Å². The highest BCUT2D eigenvalue weighted by Crippen LogP contribution is 2.05. The van der Waals surface area contributed by atoms with Crippen LogP contribution in [0.3, 0.4) is 0 Å². The molecule has 16 heavy (non-hydrogen) atoms. The van der Waals surface area contributed by atoms with Crippen LogP contribution in [0.1, 0.15) is 34.6 Å². The average Bonchev–Trinajstić information content (AvgIpc) is 2.12. The molecule has 0 spiro atoms. The number of aliphatic carboxylic acids is 1. The van der Waals surface area contributed by atoms with Crippen molar-refractivity contribution in [1.29, 1.82) is 0 Å². The van der Waals surface area contributed by atoms with Gasteiger partial charge in [-0.3, -0.25) is 14.9 Å². The Morgan fingerprint density at radius 2 is 1.62 bits per heavy atom. The van der Waals surface area contributed by atoms with Crippen molar-refractivity contribution in [3.63, 3.8) is 0 Å². The number of ether oxygens (including phenoxy) is 1. The molecule has 2 atom stereocenters. The number of carboxylic acid groups (broad SMARTS) is 1. The molecule has 0 radical (unpaired) electrons.